The van der Waals surface area contributed by atoms with E-state index < -0.39 is 23.7 Å². The number of carbonyl (C=O) groups is 3. The summed E-state index contributed by atoms with van der Waals surface area (Å²) in [5.41, 5.74) is -1.01. The Morgan fingerprint density at radius 3 is 2.53 bits per heavy atom. The molecular weight excluding hydrogens is 438 g/mol. The molecule has 0 aromatic rings. The van der Waals surface area contributed by atoms with Crippen LogP contribution in [0.25, 0.3) is 0 Å². The predicted molar refractivity (Wildman–Crippen MR) is 127 cm³/mol. The van der Waals surface area contributed by atoms with Crippen molar-refractivity contribution in [2.45, 2.75) is 90.9 Å². The fraction of sp³-hybridized carbons (Fsp3) is 0.880. The zero-order valence-electron chi connectivity index (χ0n) is 21.1. The molecular formula is C25H43N3O6. The van der Waals surface area contributed by atoms with Gasteiger partial charge in [-0.25, -0.2) is 4.79 Å². The van der Waals surface area contributed by atoms with Gasteiger partial charge >= 0.3 is 6.09 Å². The van der Waals surface area contributed by atoms with Crippen molar-refractivity contribution >= 4 is 17.9 Å². The molecule has 7 atom stereocenters. The molecule has 9 nitrogen and oxygen atoms in total. The average Bonchev–Trinajstić information content (AvgIpc) is 3.24. The van der Waals surface area contributed by atoms with Crippen LogP contribution in [0.5, 0.6) is 0 Å². The average molecular weight is 482 g/mol. The number of nitrogens with zero attached hydrogens (tertiary/aromatic N) is 1. The first kappa shape index (κ1) is 26.7. The zero-order chi connectivity index (χ0) is 25.1. The summed E-state index contributed by atoms with van der Waals surface area (Å²) in [6.45, 7) is 9.07. The Hall–Kier alpha value is -1.87. The number of aliphatic hydroxyl groups excluding tert-OH is 2. The smallest absolute Gasteiger partial charge is 0.407 e. The lowest BCUT2D eigenvalue weighted by atomic mass is 9.46. The summed E-state index contributed by atoms with van der Waals surface area (Å²) in [5.74, 6) is -0.321. The van der Waals surface area contributed by atoms with E-state index in [1.165, 1.54) is 6.92 Å². The first-order valence-corrected chi connectivity index (χ1v) is 12.8. The number of aliphatic hydroxyl groups is 2. The largest absolute Gasteiger partial charge is 0.446 e. The van der Waals surface area contributed by atoms with Crippen molar-refractivity contribution < 1.29 is 29.3 Å². The Morgan fingerprint density at radius 2 is 1.88 bits per heavy atom. The van der Waals surface area contributed by atoms with Crippen molar-refractivity contribution in [2.75, 3.05) is 26.2 Å². The second-order valence-corrected chi connectivity index (χ2v) is 11.1. The maximum Gasteiger partial charge on any atom is 0.407 e. The van der Waals surface area contributed by atoms with Crippen LogP contribution in [0.3, 0.4) is 0 Å². The van der Waals surface area contributed by atoms with Gasteiger partial charge in [-0.15, -0.1) is 0 Å². The van der Waals surface area contributed by atoms with Crippen LogP contribution in [0, 0.1) is 22.7 Å². The zero-order valence-corrected chi connectivity index (χ0v) is 21.1. The number of alkyl carbamates (subject to hydrolysis) is 1. The molecule has 0 spiro atoms. The number of rotatable bonds is 7. The Morgan fingerprint density at radius 1 is 1.15 bits per heavy atom. The highest BCUT2D eigenvalue weighted by Crippen LogP contribution is 2.61. The van der Waals surface area contributed by atoms with Gasteiger partial charge in [0.1, 0.15) is 6.10 Å². The Balaban J connectivity index is 1.73. The second kappa shape index (κ2) is 10.8. The summed E-state index contributed by atoms with van der Waals surface area (Å²) < 4.78 is 5.78. The summed E-state index contributed by atoms with van der Waals surface area (Å²) >= 11 is 0. The molecule has 34 heavy (non-hydrogen) atoms. The van der Waals surface area contributed by atoms with E-state index in [1.807, 2.05) is 13.8 Å². The molecule has 0 aromatic heterocycles. The Labute approximate surface area is 203 Å². The highest BCUT2D eigenvalue weighted by atomic mass is 16.6. The normalized spacial score (nSPS) is 37.6. The van der Waals surface area contributed by atoms with Gasteiger partial charge in [0.25, 0.3) is 0 Å². The van der Waals surface area contributed by atoms with Gasteiger partial charge in [0, 0.05) is 44.4 Å². The number of carbonyl (C=O) groups excluding carboxylic acids is 3. The van der Waals surface area contributed by atoms with Crippen LogP contribution in [-0.4, -0.2) is 77.5 Å². The van der Waals surface area contributed by atoms with E-state index >= 15 is 0 Å². The maximum absolute atomic E-state index is 13.2. The number of hydrogen-bond donors (Lipinski definition) is 4. The van der Waals surface area contributed by atoms with E-state index in [0.717, 1.165) is 12.8 Å². The molecule has 9 heteroatoms. The lowest BCUT2D eigenvalue weighted by molar-refractivity contribution is -0.187. The number of ether oxygens (including phenoxy) is 1. The molecule has 194 valence electrons. The number of fused-ring (bicyclic) bond motifs is 1. The van der Waals surface area contributed by atoms with Gasteiger partial charge in [-0.05, 0) is 55.8 Å². The predicted octanol–water partition coefficient (Wildman–Crippen LogP) is 1.80. The summed E-state index contributed by atoms with van der Waals surface area (Å²) in [6, 6.07) is -0.0230. The molecule has 1 saturated heterocycles. The monoisotopic (exact) mass is 481 g/mol. The molecule has 1 aliphatic heterocycles. The van der Waals surface area contributed by atoms with Gasteiger partial charge in [0.05, 0.1) is 12.7 Å². The minimum absolute atomic E-state index is 0.00166. The highest BCUT2D eigenvalue weighted by Gasteiger charge is 2.60. The van der Waals surface area contributed by atoms with E-state index in [1.54, 1.807) is 4.90 Å². The van der Waals surface area contributed by atoms with E-state index in [-0.39, 0.29) is 48.1 Å². The fourth-order valence-corrected chi connectivity index (χ4v) is 6.89. The lowest BCUT2D eigenvalue weighted by Crippen LogP contribution is -2.61. The van der Waals surface area contributed by atoms with Crippen molar-refractivity contribution in [1.82, 2.24) is 15.5 Å². The number of hydrogen-bond acceptors (Lipinski definition) is 6. The lowest BCUT2D eigenvalue weighted by Gasteiger charge is -2.60. The minimum Gasteiger partial charge on any atom is -0.446 e. The van der Waals surface area contributed by atoms with Gasteiger partial charge in [-0.3, -0.25) is 9.59 Å². The number of likely N-dealkylation sites (tertiary alicyclic amines) is 1. The Bertz CT molecular complexity index is 763. The first-order chi connectivity index (χ1) is 16.0. The molecule has 3 fully saturated rings. The van der Waals surface area contributed by atoms with Crippen LogP contribution in [-0.2, 0) is 14.3 Å². The summed E-state index contributed by atoms with van der Waals surface area (Å²) in [4.78, 5) is 38.7. The molecule has 0 bridgehead atoms. The van der Waals surface area contributed by atoms with Crippen molar-refractivity contribution in [3.8, 4) is 0 Å². The third kappa shape index (κ3) is 5.35. The first-order valence-electron chi connectivity index (χ1n) is 12.8. The molecule has 3 amide bonds. The van der Waals surface area contributed by atoms with Crippen LogP contribution in [0.15, 0.2) is 0 Å². The minimum atomic E-state index is -0.651. The Kier molecular flexibility index (Phi) is 8.50. The van der Waals surface area contributed by atoms with Gasteiger partial charge in [0.2, 0.25) is 11.8 Å². The molecule has 1 unspecified atom stereocenters. The standard InChI is InChI=1S/C25H43N3O6/c1-5-11-26-23(33)34-21-8-10-24(3)18(19(31)6-7-20(24)25(21,4)15-29)13-22(32)28-12-9-17(14-28)27-16(2)30/h17-21,29,31H,5-15H2,1-4H3,(H,26,33)(H,27,30)/t17-,18+,19+,20?,21+,24-,25-/m0/s1. The molecule has 4 N–H and O–H groups in total. The van der Waals surface area contributed by atoms with Gasteiger partial charge in [0.15, 0.2) is 0 Å². The summed E-state index contributed by atoms with van der Waals surface area (Å²) in [5, 5.41) is 27.1. The van der Waals surface area contributed by atoms with Gasteiger partial charge in [-0.2, -0.15) is 0 Å². The quantitative estimate of drug-likeness (QED) is 0.439. The second-order valence-electron chi connectivity index (χ2n) is 11.1. The van der Waals surface area contributed by atoms with Crippen LogP contribution in [0.4, 0.5) is 4.79 Å². The van der Waals surface area contributed by atoms with Gasteiger partial charge < -0.3 is 30.5 Å². The van der Waals surface area contributed by atoms with Crippen molar-refractivity contribution in [3.05, 3.63) is 0 Å². The van der Waals surface area contributed by atoms with Gasteiger partial charge in [-0.1, -0.05) is 20.8 Å². The van der Waals surface area contributed by atoms with Crippen LogP contribution in [0.2, 0.25) is 0 Å². The third-order valence-corrected chi connectivity index (χ3v) is 8.79. The summed E-state index contributed by atoms with van der Waals surface area (Å²) in [6.07, 6.45) is 2.88. The molecule has 1 heterocycles. The van der Waals surface area contributed by atoms with Crippen LogP contribution >= 0.6 is 0 Å². The molecule has 0 radical (unpaired) electrons. The van der Waals surface area contributed by atoms with Crippen molar-refractivity contribution in [3.63, 3.8) is 0 Å². The molecule has 2 aliphatic carbocycles. The number of amides is 3. The molecule has 2 saturated carbocycles. The molecule has 0 aromatic carbocycles. The third-order valence-electron chi connectivity index (χ3n) is 8.79. The van der Waals surface area contributed by atoms with Crippen molar-refractivity contribution in [2.24, 2.45) is 22.7 Å². The maximum atomic E-state index is 13.2. The highest BCUT2D eigenvalue weighted by molar-refractivity contribution is 5.77. The molecule has 3 rings (SSSR count). The van der Waals surface area contributed by atoms with E-state index in [4.69, 9.17) is 4.74 Å². The molecule has 3 aliphatic rings. The number of nitrogens with one attached hydrogen (secondary N) is 2. The fourth-order valence-electron chi connectivity index (χ4n) is 6.89. The van der Waals surface area contributed by atoms with E-state index in [2.05, 4.69) is 17.6 Å². The van der Waals surface area contributed by atoms with Crippen LogP contribution in [0.1, 0.15) is 72.6 Å². The topological polar surface area (TPSA) is 128 Å². The SMILES string of the molecule is CCCNC(=O)O[C@@H]1CC[C@]2(C)C(CC[C@@H](O)[C@H]2CC(=O)N2CC[C@H](NC(C)=O)C2)[C@]1(C)CO. The van der Waals surface area contributed by atoms with Crippen LogP contribution < -0.4 is 10.6 Å². The van der Waals surface area contributed by atoms with E-state index in [0.29, 0.717) is 45.3 Å². The van der Waals surface area contributed by atoms with E-state index in [9.17, 15) is 24.6 Å². The summed E-state index contributed by atoms with van der Waals surface area (Å²) in [7, 11) is 0. The van der Waals surface area contributed by atoms with Crippen molar-refractivity contribution in [1.29, 1.82) is 0 Å².